The number of hydrogen-bond acceptors (Lipinski definition) is 4. The molecule has 0 N–H and O–H groups in total. The van der Waals surface area contributed by atoms with Crippen molar-refractivity contribution in [1.29, 1.82) is 0 Å². The molecule has 4 nitrogen and oxygen atoms in total. The Kier molecular flexibility index (Phi) is 6.86. The average Bonchev–Trinajstić information content (AvgIpc) is 3.58. The van der Waals surface area contributed by atoms with Gasteiger partial charge in [-0.2, -0.15) is 0 Å². The van der Waals surface area contributed by atoms with Crippen LogP contribution in [0.1, 0.15) is 62.5 Å². The van der Waals surface area contributed by atoms with E-state index in [2.05, 4.69) is 70.8 Å². The molecule has 0 spiro atoms. The van der Waals surface area contributed by atoms with E-state index < -0.39 is 0 Å². The number of benzene rings is 2. The van der Waals surface area contributed by atoms with Crippen LogP contribution in [0.25, 0.3) is 0 Å². The molecular weight excluding hydrogens is 392 g/mol. The van der Waals surface area contributed by atoms with E-state index in [0.717, 1.165) is 12.8 Å². The second-order valence-corrected chi connectivity index (χ2v) is 9.55. The second-order valence-electron chi connectivity index (χ2n) is 9.55. The predicted molar refractivity (Wildman–Crippen MR) is 137 cm³/mol. The largest absolute Gasteiger partial charge is 0.372 e. The van der Waals surface area contributed by atoms with E-state index in [1.165, 1.54) is 87.2 Å². The molecule has 0 aromatic heterocycles. The quantitative estimate of drug-likeness (QED) is 0.550. The molecule has 1 saturated carbocycles. The minimum atomic E-state index is 0.294. The second kappa shape index (κ2) is 10.3. The van der Waals surface area contributed by atoms with E-state index in [-0.39, 0.29) is 0 Å². The zero-order chi connectivity index (χ0) is 21.6. The van der Waals surface area contributed by atoms with Crippen molar-refractivity contribution in [2.24, 2.45) is 9.98 Å². The predicted octanol–water partition coefficient (Wildman–Crippen LogP) is 5.74. The fraction of sp³-hybridized carbons (Fsp3) is 0.500. The van der Waals surface area contributed by atoms with Crippen LogP contribution >= 0.6 is 0 Å². The maximum Gasteiger partial charge on any atom is 0.0723 e. The first-order valence-corrected chi connectivity index (χ1v) is 12.6. The van der Waals surface area contributed by atoms with Crippen LogP contribution in [0.4, 0.5) is 11.4 Å². The minimum absolute atomic E-state index is 0.294. The third kappa shape index (κ3) is 5.23. The Morgan fingerprint density at radius 2 is 0.906 bits per heavy atom. The fourth-order valence-electron chi connectivity index (χ4n) is 5.30. The fourth-order valence-corrected chi connectivity index (χ4v) is 5.30. The first-order valence-electron chi connectivity index (χ1n) is 12.6. The molecule has 4 heteroatoms. The van der Waals surface area contributed by atoms with Crippen LogP contribution in [0.5, 0.6) is 0 Å². The Bertz CT molecular complexity index is 826. The van der Waals surface area contributed by atoms with Crippen molar-refractivity contribution in [1.82, 2.24) is 0 Å². The Morgan fingerprint density at radius 1 is 0.531 bits per heavy atom. The first-order chi connectivity index (χ1) is 15.8. The maximum atomic E-state index is 4.98. The zero-order valence-corrected chi connectivity index (χ0v) is 19.2. The number of rotatable bonds is 6. The lowest BCUT2D eigenvalue weighted by molar-refractivity contribution is 0.390. The molecule has 5 rings (SSSR count). The van der Waals surface area contributed by atoms with Gasteiger partial charge in [0.1, 0.15) is 0 Å². The van der Waals surface area contributed by atoms with Gasteiger partial charge in [0, 0.05) is 50.0 Å². The lowest BCUT2D eigenvalue weighted by Gasteiger charge is -2.25. The Labute approximate surface area is 193 Å². The average molecular weight is 429 g/mol. The van der Waals surface area contributed by atoms with E-state index in [0.29, 0.717) is 12.1 Å². The van der Waals surface area contributed by atoms with E-state index in [1.807, 2.05) is 0 Å². The summed E-state index contributed by atoms with van der Waals surface area (Å²) in [4.78, 5) is 14.9. The number of nitrogens with zero attached hydrogens (tertiary/aromatic N) is 4. The van der Waals surface area contributed by atoms with Gasteiger partial charge in [0.25, 0.3) is 0 Å². The molecular formula is C28H36N4. The van der Waals surface area contributed by atoms with Crippen molar-refractivity contribution < 1.29 is 0 Å². The Morgan fingerprint density at radius 3 is 1.28 bits per heavy atom. The highest BCUT2D eigenvalue weighted by molar-refractivity contribution is 5.81. The first kappa shape index (κ1) is 21.2. The van der Waals surface area contributed by atoms with Crippen molar-refractivity contribution >= 4 is 23.8 Å². The van der Waals surface area contributed by atoms with Gasteiger partial charge in [-0.1, -0.05) is 37.1 Å². The topological polar surface area (TPSA) is 31.2 Å². The van der Waals surface area contributed by atoms with Gasteiger partial charge in [0.2, 0.25) is 0 Å². The van der Waals surface area contributed by atoms with Gasteiger partial charge >= 0.3 is 0 Å². The SMILES string of the molecule is C(=NC1CCCCC1N=Cc1ccc(N2CCCC2)cc1)c1ccc(N2CCCC2)cc1. The van der Waals surface area contributed by atoms with Crippen LogP contribution in [-0.2, 0) is 0 Å². The van der Waals surface area contributed by atoms with Crippen molar-refractivity contribution in [2.45, 2.75) is 63.5 Å². The Hall–Kier alpha value is -2.62. The van der Waals surface area contributed by atoms with Crippen LogP contribution in [0, 0.1) is 0 Å². The van der Waals surface area contributed by atoms with Gasteiger partial charge in [0.05, 0.1) is 12.1 Å². The molecule has 0 bridgehead atoms. The van der Waals surface area contributed by atoms with Crippen molar-refractivity contribution in [3.8, 4) is 0 Å². The Balaban J connectivity index is 1.20. The van der Waals surface area contributed by atoms with Gasteiger partial charge in [-0.05, 0) is 73.9 Å². The molecule has 3 aliphatic rings. The van der Waals surface area contributed by atoms with Crippen LogP contribution in [0.3, 0.4) is 0 Å². The summed E-state index contributed by atoms with van der Waals surface area (Å²) < 4.78 is 0. The van der Waals surface area contributed by atoms with Crippen molar-refractivity contribution in [3.05, 3.63) is 59.7 Å². The monoisotopic (exact) mass is 428 g/mol. The van der Waals surface area contributed by atoms with Crippen molar-refractivity contribution in [2.75, 3.05) is 36.0 Å². The highest BCUT2D eigenvalue weighted by Gasteiger charge is 2.23. The smallest absolute Gasteiger partial charge is 0.0723 e. The molecule has 0 radical (unpaired) electrons. The summed E-state index contributed by atoms with van der Waals surface area (Å²) in [5, 5.41) is 0. The van der Waals surface area contributed by atoms with Crippen LogP contribution < -0.4 is 9.80 Å². The molecule has 32 heavy (non-hydrogen) atoms. The number of hydrogen-bond donors (Lipinski definition) is 0. The molecule has 3 fully saturated rings. The van der Waals surface area contributed by atoms with E-state index in [1.54, 1.807) is 0 Å². The molecule has 1 aliphatic carbocycles. The lowest BCUT2D eigenvalue weighted by Crippen LogP contribution is -2.27. The molecule has 2 aliphatic heterocycles. The maximum absolute atomic E-state index is 4.98. The molecule has 0 amide bonds. The summed E-state index contributed by atoms with van der Waals surface area (Å²) in [6.45, 7) is 4.76. The molecule has 2 unspecified atom stereocenters. The summed E-state index contributed by atoms with van der Waals surface area (Å²) in [6, 6.07) is 18.4. The molecule has 2 aromatic carbocycles. The molecule has 2 heterocycles. The van der Waals surface area contributed by atoms with Gasteiger partial charge in [-0.15, -0.1) is 0 Å². The summed E-state index contributed by atoms with van der Waals surface area (Å²) in [5.41, 5.74) is 5.07. The summed E-state index contributed by atoms with van der Waals surface area (Å²) in [6.07, 6.45) is 14.2. The molecule has 2 saturated heterocycles. The normalized spacial score (nSPS) is 24.2. The highest BCUT2D eigenvalue weighted by atomic mass is 15.1. The summed E-state index contributed by atoms with van der Waals surface area (Å²) in [7, 11) is 0. The van der Waals surface area contributed by atoms with Gasteiger partial charge in [-0.25, -0.2) is 0 Å². The summed E-state index contributed by atoms with van der Waals surface area (Å²) in [5.74, 6) is 0. The highest BCUT2D eigenvalue weighted by Crippen LogP contribution is 2.25. The van der Waals surface area contributed by atoms with E-state index in [9.17, 15) is 0 Å². The van der Waals surface area contributed by atoms with Gasteiger partial charge in [-0.3, -0.25) is 9.98 Å². The zero-order valence-electron chi connectivity index (χ0n) is 19.2. The van der Waals surface area contributed by atoms with Crippen LogP contribution in [0.2, 0.25) is 0 Å². The van der Waals surface area contributed by atoms with E-state index in [4.69, 9.17) is 9.98 Å². The minimum Gasteiger partial charge on any atom is -0.372 e. The van der Waals surface area contributed by atoms with Crippen molar-refractivity contribution in [3.63, 3.8) is 0 Å². The standard InChI is InChI=1S/C28H36N4/c1-2-8-28(30-22-24-11-15-26(16-12-24)32-19-5-6-20-32)27(7-1)29-21-23-9-13-25(14-10-23)31-17-3-4-18-31/h9-16,21-22,27-28H,1-8,17-20H2. The third-order valence-electron chi connectivity index (χ3n) is 7.25. The lowest BCUT2D eigenvalue weighted by atomic mass is 9.91. The molecule has 2 aromatic rings. The summed E-state index contributed by atoms with van der Waals surface area (Å²) >= 11 is 0. The third-order valence-corrected chi connectivity index (χ3v) is 7.25. The van der Waals surface area contributed by atoms with Crippen LogP contribution in [0.15, 0.2) is 58.5 Å². The van der Waals surface area contributed by atoms with Gasteiger partial charge < -0.3 is 9.80 Å². The number of aliphatic imine (C=N–C) groups is 2. The van der Waals surface area contributed by atoms with Gasteiger partial charge in [0.15, 0.2) is 0 Å². The molecule has 168 valence electrons. The molecule has 2 atom stereocenters. The number of anilines is 2. The van der Waals surface area contributed by atoms with E-state index >= 15 is 0 Å². The van der Waals surface area contributed by atoms with Crippen LogP contribution in [-0.4, -0.2) is 50.7 Å².